The molecule has 1 aliphatic heterocycles. The van der Waals surface area contributed by atoms with Crippen molar-refractivity contribution in [3.8, 4) is 5.69 Å². The van der Waals surface area contributed by atoms with Gasteiger partial charge in [0.05, 0.1) is 29.6 Å². The van der Waals surface area contributed by atoms with Crippen molar-refractivity contribution in [1.29, 1.82) is 0 Å². The minimum Gasteiger partial charge on any atom is -0.391 e. The van der Waals surface area contributed by atoms with Gasteiger partial charge in [0, 0.05) is 25.6 Å². The smallest absolute Gasteiger partial charge is 0.226 e. The number of nitrogens with one attached hydrogen (secondary N) is 2. The highest BCUT2D eigenvalue weighted by Gasteiger charge is 2.25. The summed E-state index contributed by atoms with van der Waals surface area (Å²) in [5.41, 5.74) is 2.44. The minimum absolute atomic E-state index is 0.0695. The molecule has 122 valence electrons. The fourth-order valence-corrected chi connectivity index (χ4v) is 2.73. The zero-order chi connectivity index (χ0) is 16.2. The SMILES string of the molecule is Cc1c(CC(=O)NCC2CNCC2O)nnn1-c1ccccc1. The number of aliphatic hydroxyl groups excluding tert-OH is 1. The Hall–Kier alpha value is -2.25. The molecule has 1 aromatic heterocycles. The van der Waals surface area contributed by atoms with Crippen LogP contribution in [0.3, 0.4) is 0 Å². The summed E-state index contributed by atoms with van der Waals surface area (Å²) in [5.74, 6) is -0.0349. The number of rotatable bonds is 5. The lowest BCUT2D eigenvalue weighted by Crippen LogP contribution is -2.35. The maximum absolute atomic E-state index is 12.1. The Morgan fingerprint density at radius 1 is 1.39 bits per heavy atom. The number of amides is 1. The van der Waals surface area contributed by atoms with E-state index in [1.165, 1.54) is 0 Å². The Labute approximate surface area is 134 Å². The van der Waals surface area contributed by atoms with Crippen molar-refractivity contribution in [1.82, 2.24) is 25.6 Å². The topological polar surface area (TPSA) is 92.1 Å². The van der Waals surface area contributed by atoms with E-state index in [0.29, 0.717) is 18.8 Å². The molecule has 2 aromatic rings. The highest BCUT2D eigenvalue weighted by atomic mass is 16.3. The van der Waals surface area contributed by atoms with Gasteiger partial charge in [-0.3, -0.25) is 4.79 Å². The monoisotopic (exact) mass is 315 g/mol. The number of β-amino-alcohol motifs (C(OH)–C–C–N with tert-alkyl or cyclic N) is 1. The van der Waals surface area contributed by atoms with Crippen molar-refractivity contribution in [2.45, 2.75) is 19.4 Å². The number of carbonyl (C=O) groups excluding carboxylic acids is 1. The molecule has 0 aliphatic carbocycles. The van der Waals surface area contributed by atoms with E-state index < -0.39 is 6.10 Å². The zero-order valence-corrected chi connectivity index (χ0v) is 13.1. The van der Waals surface area contributed by atoms with Gasteiger partial charge in [0.1, 0.15) is 0 Å². The summed E-state index contributed by atoms with van der Waals surface area (Å²) < 4.78 is 1.73. The van der Waals surface area contributed by atoms with Crippen LogP contribution in [0.1, 0.15) is 11.4 Å². The highest BCUT2D eigenvalue weighted by molar-refractivity contribution is 5.78. The van der Waals surface area contributed by atoms with Crippen LogP contribution in [0.25, 0.3) is 5.69 Å². The first kappa shape index (κ1) is 15.6. The average Bonchev–Trinajstić information content (AvgIpc) is 3.13. The molecule has 0 radical (unpaired) electrons. The summed E-state index contributed by atoms with van der Waals surface area (Å²) in [6.07, 6.45) is -0.203. The number of benzene rings is 1. The molecule has 1 saturated heterocycles. The van der Waals surface area contributed by atoms with E-state index in [0.717, 1.165) is 17.9 Å². The number of aliphatic hydroxyl groups is 1. The van der Waals surface area contributed by atoms with Crippen LogP contribution in [0, 0.1) is 12.8 Å². The fraction of sp³-hybridized carbons (Fsp3) is 0.438. The van der Waals surface area contributed by atoms with E-state index in [1.54, 1.807) is 4.68 Å². The summed E-state index contributed by atoms with van der Waals surface area (Å²) in [5, 5.41) is 23.9. The number of aromatic nitrogens is 3. The molecule has 1 aromatic carbocycles. The van der Waals surface area contributed by atoms with Gasteiger partial charge >= 0.3 is 0 Å². The molecule has 3 N–H and O–H groups in total. The van der Waals surface area contributed by atoms with Crippen LogP contribution < -0.4 is 10.6 Å². The van der Waals surface area contributed by atoms with E-state index in [9.17, 15) is 9.90 Å². The van der Waals surface area contributed by atoms with E-state index >= 15 is 0 Å². The second-order valence-corrected chi connectivity index (χ2v) is 5.84. The van der Waals surface area contributed by atoms with Gasteiger partial charge < -0.3 is 15.7 Å². The number of hydrogen-bond acceptors (Lipinski definition) is 5. The van der Waals surface area contributed by atoms with Crippen molar-refractivity contribution in [2.75, 3.05) is 19.6 Å². The zero-order valence-electron chi connectivity index (χ0n) is 13.1. The van der Waals surface area contributed by atoms with Gasteiger partial charge in [-0.15, -0.1) is 5.10 Å². The van der Waals surface area contributed by atoms with Crippen LogP contribution in [0.5, 0.6) is 0 Å². The Kier molecular flexibility index (Phi) is 4.68. The van der Waals surface area contributed by atoms with Crippen molar-refractivity contribution in [2.24, 2.45) is 5.92 Å². The second kappa shape index (κ2) is 6.89. The molecule has 7 nitrogen and oxygen atoms in total. The molecule has 3 rings (SSSR count). The van der Waals surface area contributed by atoms with Gasteiger partial charge in [0.25, 0.3) is 0 Å². The van der Waals surface area contributed by atoms with Crippen LogP contribution in [0.2, 0.25) is 0 Å². The molecule has 1 aliphatic rings. The Morgan fingerprint density at radius 2 is 2.17 bits per heavy atom. The van der Waals surface area contributed by atoms with Gasteiger partial charge in [-0.2, -0.15) is 0 Å². The minimum atomic E-state index is -0.393. The summed E-state index contributed by atoms with van der Waals surface area (Å²) in [7, 11) is 0. The Bertz CT molecular complexity index is 670. The summed E-state index contributed by atoms with van der Waals surface area (Å²) in [4.78, 5) is 12.1. The average molecular weight is 315 g/mol. The van der Waals surface area contributed by atoms with Crippen LogP contribution in [0.15, 0.2) is 30.3 Å². The molecular formula is C16H21N5O2. The van der Waals surface area contributed by atoms with Crippen LogP contribution in [-0.2, 0) is 11.2 Å². The molecule has 0 spiro atoms. The van der Waals surface area contributed by atoms with Crippen LogP contribution in [-0.4, -0.2) is 51.7 Å². The van der Waals surface area contributed by atoms with E-state index in [-0.39, 0.29) is 18.2 Å². The molecule has 7 heteroatoms. The third-order valence-electron chi connectivity index (χ3n) is 4.18. The quantitative estimate of drug-likeness (QED) is 0.711. The lowest BCUT2D eigenvalue weighted by molar-refractivity contribution is -0.120. The van der Waals surface area contributed by atoms with E-state index in [2.05, 4.69) is 20.9 Å². The van der Waals surface area contributed by atoms with Gasteiger partial charge in [0.2, 0.25) is 5.91 Å². The number of nitrogens with zero attached hydrogens (tertiary/aromatic N) is 3. The normalized spacial score (nSPS) is 20.6. The molecule has 23 heavy (non-hydrogen) atoms. The molecule has 2 unspecified atom stereocenters. The third-order valence-corrected chi connectivity index (χ3v) is 4.18. The summed E-state index contributed by atoms with van der Waals surface area (Å²) >= 11 is 0. The lowest BCUT2D eigenvalue weighted by Gasteiger charge is -2.13. The molecule has 2 heterocycles. The maximum atomic E-state index is 12.1. The van der Waals surface area contributed by atoms with Crippen molar-refractivity contribution in [3.05, 3.63) is 41.7 Å². The first-order chi connectivity index (χ1) is 11.1. The van der Waals surface area contributed by atoms with E-state index in [1.807, 2.05) is 37.3 Å². The predicted octanol–water partition coefficient (Wildman–Crippen LogP) is -0.185. The van der Waals surface area contributed by atoms with Crippen molar-refractivity contribution < 1.29 is 9.90 Å². The molecule has 1 fully saturated rings. The standard InChI is InChI=1S/C16H21N5O2/c1-11-14(19-20-21(11)13-5-3-2-4-6-13)7-16(23)18-9-12-8-17-10-15(12)22/h2-6,12,15,17,22H,7-10H2,1H3,(H,18,23). The van der Waals surface area contributed by atoms with Crippen molar-refractivity contribution in [3.63, 3.8) is 0 Å². The molecule has 0 saturated carbocycles. The number of para-hydroxylation sites is 1. The van der Waals surface area contributed by atoms with Gasteiger partial charge in [-0.1, -0.05) is 23.4 Å². The molecular weight excluding hydrogens is 294 g/mol. The highest BCUT2D eigenvalue weighted by Crippen LogP contribution is 2.12. The van der Waals surface area contributed by atoms with Gasteiger partial charge in [0.15, 0.2) is 0 Å². The van der Waals surface area contributed by atoms with Gasteiger partial charge in [-0.25, -0.2) is 4.68 Å². The molecule has 0 bridgehead atoms. The van der Waals surface area contributed by atoms with E-state index in [4.69, 9.17) is 0 Å². The first-order valence-electron chi connectivity index (χ1n) is 7.77. The molecule has 2 atom stereocenters. The predicted molar refractivity (Wildman–Crippen MR) is 85.2 cm³/mol. The third kappa shape index (κ3) is 3.57. The lowest BCUT2D eigenvalue weighted by atomic mass is 10.1. The largest absolute Gasteiger partial charge is 0.391 e. The summed E-state index contributed by atoms with van der Waals surface area (Å²) in [6, 6.07) is 9.70. The van der Waals surface area contributed by atoms with Crippen LogP contribution in [0.4, 0.5) is 0 Å². The van der Waals surface area contributed by atoms with Gasteiger partial charge in [-0.05, 0) is 19.1 Å². The van der Waals surface area contributed by atoms with Crippen LogP contribution >= 0.6 is 0 Å². The van der Waals surface area contributed by atoms with Crippen molar-refractivity contribution >= 4 is 5.91 Å². The fourth-order valence-electron chi connectivity index (χ4n) is 2.73. The summed E-state index contributed by atoms with van der Waals surface area (Å²) in [6.45, 7) is 3.69. The Balaban J connectivity index is 1.60. The first-order valence-corrected chi connectivity index (χ1v) is 7.77. The number of hydrogen-bond donors (Lipinski definition) is 3. The number of carbonyl (C=O) groups is 1. The molecule has 1 amide bonds. The Morgan fingerprint density at radius 3 is 2.87 bits per heavy atom. The second-order valence-electron chi connectivity index (χ2n) is 5.84. The maximum Gasteiger partial charge on any atom is 0.226 e.